The lowest BCUT2D eigenvalue weighted by Gasteiger charge is -2.26. The number of halogens is 8. The fraction of sp³-hybridized carbons (Fsp3) is 1.00. The van der Waals surface area contributed by atoms with Crippen molar-refractivity contribution in [3.8, 4) is 0 Å². The summed E-state index contributed by atoms with van der Waals surface area (Å²) >= 11 is 0. The minimum Gasteiger partial charge on any atom is -0.281 e. The Hall–Kier alpha value is -0.650. The Kier molecular flexibility index (Phi) is 6.42. The van der Waals surface area contributed by atoms with Gasteiger partial charge in [0.05, 0.1) is 0 Å². The Balaban J connectivity index is 4.49. The highest BCUT2D eigenvalue weighted by atomic mass is 32.2. The molecule has 0 heterocycles. The lowest BCUT2D eigenvalue weighted by molar-refractivity contribution is -0.198. The maximum Gasteiger partial charge on any atom is 0.434 e. The van der Waals surface area contributed by atoms with Crippen molar-refractivity contribution in [1.29, 1.82) is 0 Å². The highest BCUT2D eigenvalue weighted by Gasteiger charge is 2.69. The van der Waals surface area contributed by atoms with Crippen molar-refractivity contribution in [3.05, 3.63) is 0 Å². The number of hydrogen-bond donors (Lipinski definition) is 1. The summed E-state index contributed by atoms with van der Waals surface area (Å²) in [6.45, 7) is 0. The molecule has 0 bridgehead atoms. The zero-order valence-corrected chi connectivity index (χ0v) is 11.1. The maximum absolute atomic E-state index is 13.0. The SMILES string of the molecule is O=S(=O)(O)C(F)(F)C(F)(F)C(F)CCCCCC(F)(F)F. The molecule has 21 heavy (non-hydrogen) atoms. The molecule has 0 aromatic heterocycles. The molecular weight excluding hydrogens is 340 g/mol. The van der Waals surface area contributed by atoms with E-state index in [0.29, 0.717) is 0 Å². The van der Waals surface area contributed by atoms with Crippen molar-refractivity contribution >= 4 is 10.1 Å². The van der Waals surface area contributed by atoms with Crippen molar-refractivity contribution in [2.75, 3.05) is 0 Å². The lowest BCUT2D eigenvalue weighted by Crippen LogP contribution is -2.52. The minimum atomic E-state index is -6.53. The normalized spacial score (nSPS) is 16.0. The van der Waals surface area contributed by atoms with Crippen LogP contribution in [0.15, 0.2) is 0 Å². The molecule has 0 spiro atoms. The Labute approximate surface area is 115 Å². The smallest absolute Gasteiger partial charge is 0.281 e. The van der Waals surface area contributed by atoms with E-state index >= 15 is 0 Å². The predicted molar refractivity (Wildman–Crippen MR) is 55.5 cm³/mol. The van der Waals surface area contributed by atoms with Gasteiger partial charge in [-0.15, -0.1) is 0 Å². The first-order chi connectivity index (χ1) is 9.13. The van der Waals surface area contributed by atoms with Gasteiger partial charge in [0, 0.05) is 6.42 Å². The molecule has 0 radical (unpaired) electrons. The standard InChI is InChI=1S/C9H12F8O3S/c10-6(4-2-1-3-5-7(11,12)13)8(14,15)9(16,17)21(18,19)20/h6H,1-5H2,(H,18,19,20). The summed E-state index contributed by atoms with van der Waals surface area (Å²) < 4.78 is 128. The van der Waals surface area contributed by atoms with Gasteiger partial charge in [-0.1, -0.05) is 12.8 Å². The number of unbranched alkanes of at least 4 members (excludes halogenated alkanes) is 2. The largest absolute Gasteiger partial charge is 0.434 e. The van der Waals surface area contributed by atoms with E-state index in [4.69, 9.17) is 4.55 Å². The molecule has 0 fully saturated rings. The molecule has 1 atom stereocenters. The van der Waals surface area contributed by atoms with Crippen LogP contribution in [0.4, 0.5) is 35.1 Å². The zero-order chi connectivity index (χ0) is 17.1. The van der Waals surface area contributed by atoms with Crippen LogP contribution in [0.5, 0.6) is 0 Å². The molecule has 0 saturated carbocycles. The molecule has 1 unspecified atom stereocenters. The second kappa shape index (κ2) is 6.63. The number of rotatable bonds is 8. The summed E-state index contributed by atoms with van der Waals surface area (Å²) in [5.74, 6) is -5.69. The Morgan fingerprint density at radius 2 is 1.38 bits per heavy atom. The second-order valence-electron chi connectivity index (χ2n) is 4.30. The van der Waals surface area contributed by atoms with E-state index in [1.54, 1.807) is 0 Å². The van der Waals surface area contributed by atoms with Crippen molar-refractivity contribution in [3.63, 3.8) is 0 Å². The highest BCUT2D eigenvalue weighted by Crippen LogP contribution is 2.43. The maximum atomic E-state index is 13.0. The van der Waals surface area contributed by atoms with Crippen LogP contribution in [0.3, 0.4) is 0 Å². The first-order valence-corrected chi connectivity index (χ1v) is 7.00. The van der Waals surface area contributed by atoms with Crippen molar-refractivity contribution in [2.45, 2.75) is 55.6 Å². The molecule has 0 aliphatic carbocycles. The van der Waals surface area contributed by atoms with Crippen LogP contribution in [0.1, 0.15) is 32.1 Å². The average Bonchev–Trinajstić information content (AvgIpc) is 2.24. The van der Waals surface area contributed by atoms with Crippen LogP contribution in [-0.4, -0.2) is 36.5 Å². The van der Waals surface area contributed by atoms with Gasteiger partial charge in [-0.3, -0.25) is 4.55 Å². The fourth-order valence-corrected chi connectivity index (χ4v) is 1.83. The first kappa shape index (κ1) is 20.3. The summed E-state index contributed by atoms with van der Waals surface area (Å²) in [7, 11) is -6.53. The summed E-state index contributed by atoms with van der Waals surface area (Å²) in [6, 6.07) is 0. The third-order valence-corrected chi connectivity index (χ3v) is 3.44. The Morgan fingerprint density at radius 1 is 0.905 bits per heavy atom. The highest BCUT2D eigenvalue weighted by molar-refractivity contribution is 7.87. The quantitative estimate of drug-likeness (QED) is 0.409. The number of alkyl halides is 8. The van der Waals surface area contributed by atoms with Gasteiger partial charge in [0.2, 0.25) is 0 Å². The molecule has 0 aromatic rings. The first-order valence-electron chi connectivity index (χ1n) is 5.56. The van der Waals surface area contributed by atoms with Gasteiger partial charge < -0.3 is 0 Å². The lowest BCUT2D eigenvalue weighted by atomic mass is 10.1. The van der Waals surface area contributed by atoms with Crippen LogP contribution >= 0.6 is 0 Å². The van der Waals surface area contributed by atoms with Gasteiger partial charge in [0.1, 0.15) is 0 Å². The van der Waals surface area contributed by atoms with E-state index < -0.39 is 59.3 Å². The summed E-state index contributed by atoms with van der Waals surface area (Å²) in [6.07, 6.45) is -12.0. The van der Waals surface area contributed by atoms with Crippen LogP contribution < -0.4 is 0 Å². The third kappa shape index (κ3) is 5.57. The van der Waals surface area contributed by atoms with Gasteiger partial charge in [-0.2, -0.15) is 39.2 Å². The number of hydrogen-bond acceptors (Lipinski definition) is 2. The average molecular weight is 352 g/mol. The summed E-state index contributed by atoms with van der Waals surface area (Å²) in [5.41, 5.74) is 0. The van der Waals surface area contributed by atoms with Gasteiger partial charge in [-0.05, 0) is 12.8 Å². The zero-order valence-electron chi connectivity index (χ0n) is 10.3. The van der Waals surface area contributed by atoms with Gasteiger partial charge >= 0.3 is 27.5 Å². The van der Waals surface area contributed by atoms with E-state index in [2.05, 4.69) is 0 Å². The second-order valence-corrected chi connectivity index (χ2v) is 5.76. The molecule has 3 nitrogen and oxygen atoms in total. The molecule has 0 amide bonds. The van der Waals surface area contributed by atoms with E-state index in [-0.39, 0.29) is 6.42 Å². The fourth-order valence-electron chi connectivity index (χ4n) is 1.36. The Bertz CT molecular complexity index is 431. The molecule has 0 saturated heterocycles. The predicted octanol–water partition coefficient (Wildman–Crippen LogP) is 3.95. The Morgan fingerprint density at radius 3 is 1.76 bits per heavy atom. The topological polar surface area (TPSA) is 54.4 Å². The van der Waals surface area contributed by atoms with Gasteiger partial charge in [-0.25, -0.2) is 4.39 Å². The van der Waals surface area contributed by atoms with Crippen LogP contribution in [0, 0.1) is 0 Å². The van der Waals surface area contributed by atoms with Gasteiger partial charge in [0.15, 0.2) is 6.17 Å². The van der Waals surface area contributed by atoms with Crippen LogP contribution in [0.2, 0.25) is 0 Å². The van der Waals surface area contributed by atoms with Crippen LogP contribution in [-0.2, 0) is 10.1 Å². The molecule has 12 heteroatoms. The molecule has 128 valence electrons. The molecule has 0 aliphatic heterocycles. The molecule has 0 rings (SSSR count). The summed E-state index contributed by atoms with van der Waals surface area (Å²) in [4.78, 5) is 0. The molecule has 0 aliphatic rings. The van der Waals surface area contributed by atoms with Crippen LogP contribution in [0.25, 0.3) is 0 Å². The van der Waals surface area contributed by atoms with Crippen molar-refractivity contribution < 1.29 is 48.1 Å². The van der Waals surface area contributed by atoms with E-state index in [0.717, 1.165) is 0 Å². The van der Waals surface area contributed by atoms with E-state index in [1.807, 2.05) is 0 Å². The molecule has 1 N–H and O–H groups in total. The third-order valence-electron chi connectivity index (χ3n) is 2.52. The minimum absolute atomic E-state index is 0.354. The van der Waals surface area contributed by atoms with E-state index in [1.165, 1.54) is 0 Å². The van der Waals surface area contributed by atoms with Crippen molar-refractivity contribution in [2.24, 2.45) is 0 Å². The van der Waals surface area contributed by atoms with Gasteiger partial charge in [0.25, 0.3) is 0 Å². The van der Waals surface area contributed by atoms with E-state index in [9.17, 15) is 43.5 Å². The summed E-state index contributed by atoms with van der Waals surface area (Å²) in [5, 5.41) is -6.02. The monoisotopic (exact) mass is 352 g/mol. The molecule has 0 aromatic carbocycles. The van der Waals surface area contributed by atoms with Crippen molar-refractivity contribution in [1.82, 2.24) is 0 Å². The molecular formula is C9H12F8O3S.